The van der Waals surface area contributed by atoms with Crippen molar-refractivity contribution in [2.24, 2.45) is 7.05 Å². The van der Waals surface area contributed by atoms with Crippen molar-refractivity contribution in [2.75, 3.05) is 7.05 Å². The molecule has 5 nitrogen and oxygen atoms in total. The van der Waals surface area contributed by atoms with Crippen LogP contribution in [0, 0.1) is 41.3 Å². The maximum Gasteiger partial charge on any atom is 0.346 e. The van der Waals surface area contributed by atoms with Crippen molar-refractivity contribution in [2.45, 2.75) is 12.8 Å². The minimum Gasteiger partial charge on any atom is -0.678 e. The van der Waals surface area contributed by atoms with Crippen molar-refractivity contribution in [3.8, 4) is 11.3 Å². The molecule has 7 heteroatoms. The number of rotatable bonds is 2. The summed E-state index contributed by atoms with van der Waals surface area (Å²) < 4.78 is 1.81. The molecule has 0 amide bonds. The largest absolute Gasteiger partial charge is 0.678 e. The molecule has 0 saturated carbocycles. The van der Waals surface area contributed by atoms with Crippen LogP contribution in [0.2, 0.25) is 0 Å². The van der Waals surface area contributed by atoms with E-state index in [0.717, 1.165) is 34.7 Å². The summed E-state index contributed by atoms with van der Waals surface area (Å²) in [4.78, 5) is 11.7. The molecule has 0 fully saturated rings. The number of carbonyl (C=O) groups is 1. The Hall–Kier alpha value is -0.456. The van der Waals surface area contributed by atoms with Gasteiger partial charge in [0.15, 0.2) is 0 Å². The van der Waals surface area contributed by atoms with Crippen LogP contribution in [-0.4, -0.2) is 27.9 Å². The first-order chi connectivity index (χ1) is 8.63. The summed E-state index contributed by atoms with van der Waals surface area (Å²) in [5, 5.41) is 18.5. The summed E-state index contributed by atoms with van der Waals surface area (Å²) in [7, 11) is 3.58. The van der Waals surface area contributed by atoms with E-state index in [-0.39, 0.29) is 41.3 Å². The van der Waals surface area contributed by atoms with Crippen LogP contribution in [0.4, 0.5) is 5.00 Å². The Bertz CT molecular complexity index is 648. The van der Waals surface area contributed by atoms with Crippen molar-refractivity contribution in [3.63, 3.8) is 0 Å². The van der Waals surface area contributed by atoms with Crippen molar-refractivity contribution >= 4 is 22.3 Å². The standard InChI is InChI=1S/C12H13N3O2S.Pr/c1-13-11-8-7(10(18-11)12(16)17)4-3-6-5-14-15(2)9(6)8;/h5H,3-4H2,1-2H3,(H2,13,14,16,17);/p-1. The van der Waals surface area contributed by atoms with Crippen LogP contribution >= 0.6 is 11.3 Å². The number of thiophene rings is 1. The van der Waals surface area contributed by atoms with E-state index in [1.165, 1.54) is 16.9 Å². The van der Waals surface area contributed by atoms with Crippen LogP contribution in [0.25, 0.3) is 16.6 Å². The Balaban J connectivity index is 0.00000133. The number of aromatic nitrogens is 2. The molecule has 0 aromatic carbocycles. The Morgan fingerprint density at radius 2 is 2.26 bits per heavy atom. The summed E-state index contributed by atoms with van der Waals surface area (Å²) in [5.74, 6) is -0.864. The van der Waals surface area contributed by atoms with Crippen LogP contribution in [0.5, 0.6) is 0 Å². The van der Waals surface area contributed by atoms with Gasteiger partial charge in [-0.1, -0.05) is 5.00 Å². The zero-order valence-corrected chi connectivity index (χ0v) is 15.2. The molecular formula is C12H12N3O2PrS-. The topological polar surface area (TPSA) is 69.2 Å². The quantitative estimate of drug-likeness (QED) is 0.838. The van der Waals surface area contributed by atoms with Gasteiger partial charge in [-0.2, -0.15) is 16.4 Å². The van der Waals surface area contributed by atoms with Crippen molar-refractivity contribution in [1.29, 1.82) is 0 Å². The molecule has 2 aromatic rings. The van der Waals surface area contributed by atoms with Gasteiger partial charge in [-0.3, -0.25) is 4.68 Å². The molecule has 0 unspecified atom stereocenters. The van der Waals surface area contributed by atoms with Crippen LogP contribution in [-0.2, 0) is 19.9 Å². The Kier molecular flexibility index (Phi) is 4.33. The normalized spacial score (nSPS) is 12.3. The monoisotopic (exact) mass is 403 g/mol. The van der Waals surface area contributed by atoms with Gasteiger partial charge in [0.25, 0.3) is 0 Å². The first-order valence-electron chi connectivity index (χ1n) is 5.63. The van der Waals surface area contributed by atoms with E-state index in [9.17, 15) is 9.90 Å². The average Bonchev–Trinajstić information content (AvgIpc) is 2.89. The molecule has 1 aliphatic rings. The second kappa shape index (κ2) is 5.50. The number of hydrogen-bond acceptors (Lipinski definition) is 3. The van der Waals surface area contributed by atoms with Gasteiger partial charge in [0.2, 0.25) is 0 Å². The third-order valence-electron chi connectivity index (χ3n) is 3.28. The zero-order chi connectivity index (χ0) is 12.9. The van der Waals surface area contributed by atoms with E-state index in [2.05, 4.69) is 10.4 Å². The summed E-state index contributed by atoms with van der Waals surface area (Å²) >= 11 is 1.25. The van der Waals surface area contributed by atoms with Gasteiger partial charge in [0, 0.05) is 48.3 Å². The van der Waals surface area contributed by atoms with E-state index in [1.54, 1.807) is 11.7 Å². The number of nitrogens with zero attached hydrogens (tertiary/aromatic N) is 3. The summed E-state index contributed by atoms with van der Waals surface area (Å²) in [6.07, 6.45) is 3.45. The number of hydrogen-bond donors (Lipinski definition) is 1. The van der Waals surface area contributed by atoms with Crippen molar-refractivity contribution in [3.05, 3.63) is 27.5 Å². The molecule has 97 valence electrons. The molecule has 19 heavy (non-hydrogen) atoms. The van der Waals surface area contributed by atoms with E-state index >= 15 is 0 Å². The third kappa shape index (κ3) is 2.24. The minimum atomic E-state index is -0.864. The number of carboxylic acid groups (broad SMARTS) is 1. The fourth-order valence-electron chi connectivity index (χ4n) is 2.51. The second-order valence-corrected chi connectivity index (χ2v) is 5.26. The summed E-state index contributed by atoms with van der Waals surface area (Å²) in [6.45, 7) is 0. The number of carboxylic acids is 1. The minimum absolute atomic E-state index is 0. The maximum absolute atomic E-state index is 11.3. The Labute approximate surface area is 148 Å². The molecule has 0 bridgehead atoms. The summed E-state index contributed by atoms with van der Waals surface area (Å²) in [6, 6.07) is 0. The molecule has 3 rings (SSSR count). The van der Waals surface area contributed by atoms with E-state index < -0.39 is 5.97 Å². The molecule has 1 N–H and O–H groups in total. The number of fused-ring (bicyclic) bond motifs is 3. The fraction of sp³-hybridized carbons (Fsp3) is 0.333. The summed E-state index contributed by atoms with van der Waals surface area (Å²) in [5.41, 5.74) is 4.05. The predicted octanol–water partition coefficient (Wildman–Crippen LogP) is 2.58. The van der Waals surface area contributed by atoms with Crippen LogP contribution in [0.15, 0.2) is 6.20 Å². The smallest absolute Gasteiger partial charge is 0.346 e. The maximum atomic E-state index is 11.3. The number of aromatic carboxylic acids is 1. The molecule has 1 aliphatic carbocycles. The molecule has 0 saturated heterocycles. The van der Waals surface area contributed by atoms with Crippen LogP contribution in [0.1, 0.15) is 20.8 Å². The van der Waals surface area contributed by atoms with Crippen LogP contribution < -0.4 is 0 Å². The van der Waals surface area contributed by atoms with Gasteiger partial charge < -0.3 is 10.4 Å². The van der Waals surface area contributed by atoms with E-state index in [0.29, 0.717) is 4.88 Å². The van der Waals surface area contributed by atoms with Gasteiger partial charge in [-0.25, -0.2) is 4.79 Å². The van der Waals surface area contributed by atoms with Gasteiger partial charge in [-0.15, -0.1) is 7.05 Å². The number of aryl methyl sites for hydroxylation is 2. The average molecular weight is 403 g/mol. The van der Waals surface area contributed by atoms with Gasteiger partial charge in [-0.05, 0) is 29.5 Å². The van der Waals surface area contributed by atoms with Gasteiger partial charge in [0.05, 0.1) is 11.9 Å². The van der Waals surface area contributed by atoms with E-state index in [4.69, 9.17) is 0 Å². The van der Waals surface area contributed by atoms with Crippen molar-refractivity contribution in [1.82, 2.24) is 9.78 Å². The van der Waals surface area contributed by atoms with E-state index in [1.807, 2.05) is 13.2 Å². The molecular weight excluding hydrogens is 391 g/mol. The predicted molar refractivity (Wildman–Crippen MR) is 69.8 cm³/mol. The zero-order valence-electron chi connectivity index (χ0n) is 10.7. The third-order valence-corrected chi connectivity index (χ3v) is 4.49. The van der Waals surface area contributed by atoms with Crippen molar-refractivity contribution < 1.29 is 51.2 Å². The molecule has 2 aromatic heterocycles. The van der Waals surface area contributed by atoms with Crippen LogP contribution in [0.3, 0.4) is 0 Å². The Morgan fingerprint density at radius 1 is 1.53 bits per heavy atom. The fourth-order valence-corrected chi connectivity index (χ4v) is 3.53. The van der Waals surface area contributed by atoms with Gasteiger partial charge in [0.1, 0.15) is 4.88 Å². The SMILES string of the molecule is C[N-]c1sc(C(=O)O)c2c1-c1c(cnn1C)CC2.[Pr]. The first-order valence-corrected chi connectivity index (χ1v) is 6.45. The molecule has 1 radical (unpaired) electrons. The Morgan fingerprint density at radius 3 is 2.89 bits per heavy atom. The molecule has 0 atom stereocenters. The molecule has 2 heterocycles. The second-order valence-electron chi connectivity index (χ2n) is 4.26. The molecule has 0 aliphatic heterocycles. The van der Waals surface area contributed by atoms with Gasteiger partial charge >= 0.3 is 5.97 Å². The first kappa shape index (κ1) is 14.9. The molecule has 0 spiro atoms.